The smallest absolute Gasteiger partial charge is 0.130 e. The van der Waals surface area contributed by atoms with Crippen molar-refractivity contribution in [1.29, 1.82) is 0 Å². The average molecular weight is 255 g/mol. The lowest BCUT2D eigenvalue weighted by Crippen LogP contribution is -2.05. The highest BCUT2D eigenvalue weighted by molar-refractivity contribution is 5.44. The summed E-state index contributed by atoms with van der Waals surface area (Å²) in [5.41, 5.74) is 4.83. The van der Waals surface area contributed by atoms with Crippen LogP contribution in [-0.4, -0.2) is 7.05 Å². The fraction of sp³-hybridized carbons (Fsp3) is 0.294. The fourth-order valence-electron chi connectivity index (χ4n) is 2.02. The Kier molecular flexibility index (Phi) is 4.23. The summed E-state index contributed by atoms with van der Waals surface area (Å²) in [5.74, 6) is 1.87. The van der Waals surface area contributed by atoms with Crippen molar-refractivity contribution in [3.8, 4) is 11.5 Å². The highest BCUT2D eigenvalue weighted by atomic mass is 16.5. The maximum absolute atomic E-state index is 6.08. The number of ether oxygens (including phenoxy) is 1. The molecule has 0 heterocycles. The molecule has 0 fully saturated rings. The molecule has 0 amide bonds. The van der Waals surface area contributed by atoms with E-state index >= 15 is 0 Å². The highest BCUT2D eigenvalue weighted by Crippen LogP contribution is 2.29. The van der Waals surface area contributed by atoms with Crippen LogP contribution in [0.15, 0.2) is 36.4 Å². The topological polar surface area (TPSA) is 21.3 Å². The van der Waals surface area contributed by atoms with Gasteiger partial charge in [-0.25, -0.2) is 0 Å². The Balaban J connectivity index is 2.32. The maximum Gasteiger partial charge on any atom is 0.130 e. The normalized spacial score (nSPS) is 10.5. The monoisotopic (exact) mass is 255 g/mol. The summed E-state index contributed by atoms with van der Waals surface area (Å²) in [5, 5.41) is 3.16. The maximum atomic E-state index is 6.08. The lowest BCUT2D eigenvalue weighted by Gasteiger charge is -2.13. The molecule has 0 aromatic heterocycles. The van der Waals surface area contributed by atoms with Crippen molar-refractivity contribution in [3.63, 3.8) is 0 Å². The minimum atomic E-state index is 0.851. The van der Waals surface area contributed by atoms with E-state index in [1.165, 1.54) is 16.7 Å². The Morgan fingerprint density at radius 3 is 2.47 bits per heavy atom. The van der Waals surface area contributed by atoms with Gasteiger partial charge in [0.25, 0.3) is 0 Å². The zero-order valence-electron chi connectivity index (χ0n) is 12.1. The molecule has 0 bridgehead atoms. The van der Waals surface area contributed by atoms with E-state index in [0.717, 1.165) is 23.6 Å². The summed E-state index contributed by atoms with van der Waals surface area (Å²) < 4.78 is 6.08. The van der Waals surface area contributed by atoms with Crippen LogP contribution < -0.4 is 10.1 Å². The lowest BCUT2D eigenvalue weighted by atomic mass is 10.1. The van der Waals surface area contributed by atoms with E-state index in [9.17, 15) is 0 Å². The number of aryl methyl sites for hydroxylation is 2. The van der Waals surface area contributed by atoms with E-state index in [-0.39, 0.29) is 0 Å². The molecule has 0 aliphatic rings. The van der Waals surface area contributed by atoms with Crippen molar-refractivity contribution in [2.45, 2.75) is 27.3 Å². The van der Waals surface area contributed by atoms with Gasteiger partial charge in [0.1, 0.15) is 11.5 Å². The summed E-state index contributed by atoms with van der Waals surface area (Å²) >= 11 is 0. The fourth-order valence-corrected chi connectivity index (χ4v) is 2.02. The van der Waals surface area contributed by atoms with Crippen LogP contribution in [0.2, 0.25) is 0 Å². The van der Waals surface area contributed by atoms with Crippen LogP contribution in [0.3, 0.4) is 0 Å². The summed E-state index contributed by atoms with van der Waals surface area (Å²) in [7, 11) is 1.95. The largest absolute Gasteiger partial charge is 0.457 e. The Morgan fingerprint density at radius 1 is 0.947 bits per heavy atom. The van der Waals surface area contributed by atoms with Crippen molar-refractivity contribution in [2.24, 2.45) is 0 Å². The van der Waals surface area contributed by atoms with Crippen molar-refractivity contribution < 1.29 is 4.74 Å². The molecule has 2 nitrogen and oxygen atoms in total. The van der Waals surface area contributed by atoms with Crippen LogP contribution >= 0.6 is 0 Å². The third kappa shape index (κ3) is 3.15. The molecule has 0 unspecified atom stereocenters. The van der Waals surface area contributed by atoms with Crippen molar-refractivity contribution in [3.05, 3.63) is 58.7 Å². The van der Waals surface area contributed by atoms with Gasteiger partial charge in [0.05, 0.1) is 0 Å². The van der Waals surface area contributed by atoms with E-state index in [1.807, 2.05) is 19.2 Å². The molecule has 2 rings (SSSR count). The minimum absolute atomic E-state index is 0.851. The molecule has 2 aromatic rings. The van der Waals surface area contributed by atoms with Crippen LogP contribution in [-0.2, 0) is 6.54 Å². The average Bonchev–Trinajstić information content (AvgIpc) is 2.39. The van der Waals surface area contributed by atoms with E-state index in [4.69, 9.17) is 4.74 Å². The van der Waals surface area contributed by atoms with Crippen molar-refractivity contribution in [2.75, 3.05) is 7.05 Å². The van der Waals surface area contributed by atoms with Crippen LogP contribution in [0.1, 0.15) is 22.3 Å². The first-order valence-corrected chi connectivity index (χ1v) is 6.60. The van der Waals surface area contributed by atoms with Gasteiger partial charge in [0, 0.05) is 6.54 Å². The van der Waals surface area contributed by atoms with E-state index in [2.05, 4.69) is 50.4 Å². The first kappa shape index (κ1) is 13.6. The second-order valence-corrected chi connectivity index (χ2v) is 4.93. The van der Waals surface area contributed by atoms with Crippen LogP contribution in [0.25, 0.3) is 0 Å². The number of hydrogen-bond donors (Lipinski definition) is 1. The molecular weight excluding hydrogens is 234 g/mol. The van der Waals surface area contributed by atoms with Crippen molar-refractivity contribution in [1.82, 2.24) is 5.32 Å². The Hall–Kier alpha value is -1.80. The molecule has 0 radical (unpaired) electrons. The molecule has 0 spiro atoms. The Morgan fingerprint density at radius 2 is 1.74 bits per heavy atom. The molecule has 1 N–H and O–H groups in total. The van der Waals surface area contributed by atoms with Gasteiger partial charge in [0.15, 0.2) is 0 Å². The number of benzene rings is 2. The highest BCUT2D eigenvalue weighted by Gasteiger charge is 2.06. The van der Waals surface area contributed by atoms with Gasteiger partial charge < -0.3 is 10.1 Å². The molecule has 0 aliphatic heterocycles. The first-order valence-electron chi connectivity index (χ1n) is 6.60. The van der Waals surface area contributed by atoms with Crippen LogP contribution in [0, 0.1) is 20.8 Å². The van der Waals surface area contributed by atoms with Gasteiger partial charge in [-0.1, -0.05) is 24.3 Å². The minimum Gasteiger partial charge on any atom is -0.457 e. The number of hydrogen-bond acceptors (Lipinski definition) is 2. The molecule has 0 saturated heterocycles. The predicted octanol–water partition coefficient (Wildman–Crippen LogP) is 4.12. The molecule has 19 heavy (non-hydrogen) atoms. The first-order chi connectivity index (χ1) is 9.11. The second kappa shape index (κ2) is 5.89. The number of nitrogens with one attached hydrogen (secondary N) is 1. The van der Waals surface area contributed by atoms with E-state index in [1.54, 1.807) is 0 Å². The van der Waals surface area contributed by atoms with Crippen LogP contribution in [0.4, 0.5) is 0 Å². The van der Waals surface area contributed by atoms with Gasteiger partial charge in [0.2, 0.25) is 0 Å². The summed E-state index contributed by atoms with van der Waals surface area (Å²) in [4.78, 5) is 0. The molecule has 0 atom stereocenters. The van der Waals surface area contributed by atoms with Crippen molar-refractivity contribution >= 4 is 0 Å². The van der Waals surface area contributed by atoms with Gasteiger partial charge in [-0.05, 0) is 62.2 Å². The number of rotatable bonds is 4. The zero-order chi connectivity index (χ0) is 13.8. The summed E-state index contributed by atoms with van der Waals surface area (Å²) in [6, 6.07) is 12.5. The summed E-state index contributed by atoms with van der Waals surface area (Å²) in [6.45, 7) is 7.12. The molecule has 2 aromatic carbocycles. The third-order valence-electron chi connectivity index (χ3n) is 3.41. The molecular formula is C17H21NO. The lowest BCUT2D eigenvalue weighted by molar-refractivity contribution is 0.474. The molecule has 2 heteroatoms. The second-order valence-electron chi connectivity index (χ2n) is 4.93. The molecule has 0 aliphatic carbocycles. The Bertz CT molecular complexity index is 575. The van der Waals surface area contributed by atoms with Gasteiger partial charge in [-0.2, -0.15) is 0 Å². The van der Waals surface area contributed by atoms with Gasteiger partial charge in [-0.3, -0.25) is 0 Å². The summed E-state index contributed by atoms with van der Waals surface area (Å²) in [6.07, 6.45) is 0. The molecule has 0 saturated carbocycles. The third-order valence-corrected chi connectivity index (χ3v) is 3.41. The molecule has 100 valence electrons. The van der Waals surface area contributed by atoms with Crippen LogP contribution in [0.5, 0.6) is 11.5 Å². The quantitative estimate of drug-likeness (QED) is 0.887. The zero-order valence-corrected chi connectivity index (χ0v) is 12.1. The van der Waals surface area contributed by atoms with Gasteiger partial charge >= 0.3 is 0 Å². The van der Waals surface area contributed by atoms with Gasteiger partial charge in [-0.15, -0.1) is 0 Å². The van der Waals surface area contributed by atoms with E-state index in [0.29, 0.717) is 0 Å². The SMILES string of the molecule is CNCc1ccc(C)c(Oc2cccc(C)c2C)c1. The predicted molar refractivity (Wildman–Crippen MR) is 79.9 cm³/mol. The van der Waals surface area contributed by atoms with E-state index < -0.39 is 0 Å². The Labute approximate surface area is 115 Å². The standard InChI is InChI=1S/C17H21NO/c1-12-6-5-7-16(14(12)3)19-17-10-15(11-18-4)9-8-13(17)2/h5-10,18H,11H2,1-4H3.